The molecule has 74 valence electrons. The van der Waals surface area contributed by atoms with Crippen molar-refractivity contribution in [1.82, 2.24) is 5.32 Å². The van der Waals surface area contributed by atoms with Gasteiger partial charge in [0.1, 0.15) is 0 Å². The fourth-order valence-electron chi connectivity index (χ4n) is 1.29. The Labute approximate surface area is 77.9 Å². The zero-order valence-electron chi connectivity index (χ0n) is 9.41. The van der Waals surface area contributed by atoms with E-state index in [9.17, 15) is 0 Å². The SMILES string of the molecule is CCCCNC(C)(CC)C(C)C. The van der Waals surface area contributed by atoms with E-state index < -0.39 is 0 Å². The molecule has 1 nitrogen and oxygen atoms in total. The van der Waals surface area contributed by atoms with Crippen LogP contribution < -0.4 is 5.32 Å². The van der Waals surface area contributed by atoms with Gasteiger partial charge in [-0.2, -0.15) is 0 Å². The van der Waals surface area contributed by atoms with Crippen LogP contribution in [-0.4, -0.2) is 12.1 Å². The predicted molar refractivity (Wildman–Crippen MR) is 56.4 cm³/mol. The lowest BCUT2D eigenvalue weighted by Crippen LogP contribution is -2.46. The van der Waals surface area contributed by atoms with Gasteiger partial charge in [-0.25, -0.2) is 0 Å². The molecule has 0 heterocycles. The van der Waals surface area contributed by atoms with Gasteiger partial charge < -0.3 is 5.32 Å². The van der Waals surface area contributed by atoms with Crippen molar-refractivity contribution < 1.29 is 0 Å². The third kappa shape index (κ3) is 3.57. The Morgan fingerprint density at radius 3 is 2.17 bits per heavy atom. The van der Waals surface area contributed by atoms with Crippen molar-refractivity contribution in [3.63, 3.8) is 0 Å². The molecule has 1 atom stereocenters. The zero-order valence-corrected chi connectivity index (χ0v) is 9.41. The van der Waals surface area contributed by atoms with Gasteiger partial charge in [-0.3, -0.25) is 0 Å². The fourth-order valence-corrected chi connectivity index (χ4v) is 1.29. The largest absolute Gasteiger partial charge is 0.311 e. The minimum atomic E-state index is 0.342. The van der Waals surface area contributed by atoms with Gasteiger partial charge in [-0.15, -0.1) is 0 Å². The van der Waals surface area contributed by atoms with E-state index in [1.165, 1.54) is 25.8 Å². The van der Waals surface area contributed by atoms with E-state index >= 15 is 0 Å². The van der Waals surface area contributed by atoms with Gasteiger partial charge in [-0.1, -0.05) is 34.1 Å². The van der Waals surface area contributed by atoms with Crippen LogP contribution in [0.15, 0.2) is 0 Å². The molecule has 0 bridgehead atoms. The molecular weight excluding hydrogens is 146 g/mol. The predicted octanol–water partition coefficient (Wildman–Crippen LogP) is 3.20. The van der Waals surface area contributed by atoms with E-state index in [1.54, 1.807) is 0 Å². The van der Waals surface area contributed by atoms with Crippen molar-refractivity contribution in [2.45, 2.75) is 59.4 Å². The third-order valence-corrected chi connectivity index (χ3v) is 3.07. The second-order valence-corrected chi connectivity index (χ2v) is 4.21. The summed E-state index contributed by atoms with van der Waals surface area (Å²) in [6.07, 6.45) is 3.79. The number of hydrogen-bond donors (Lipinski definition) is 1. The Balaban J connectivity index is 3.80. The van der Waals surface area contributed by atoms with Crippen LogP contribution >= 0.6 is 0 Å². The number of nitrogens with one attached hydrogen (secondary N) is 1. The van der Waals surface area contributed by atoms with Crippen molar-refractivity contribution >= 4 is 0 Å². The average Bonchev–Trinajstić information content (AvgIpc) is 2.04. The minimum absolute atomic E-state index is 0.342. The highest BCUT2D eigenvalue weighted by Gasteiger charge is 2.24. The second kappa shape index (κ2) is 5.58. The first-order valence-electron chi connectivity index (χ1n) is 5.31. The summed E-state index contributed by atoms with van der Waals surface area (Å²) in [5.41, 5.74) is 0.342. The Hall–Kier alpha value is -0.0400. The van der Waals surface area contributed by atoms with E-state index in [-0.39, 0.29) is 0 Å². The Bertz CT molecular complexity index is 110. The highest BCUT2D eigenvalue weighted by Crippen LogP contribution is 2.19. The van der Waals surface area contributed by atoms with Crippen LogP contribution in [-0.2, 0) is 0 Å². The van der Waals surface area contributed by atoms with Crippen LogP contribution in [0.4, 0.5) is 0 Å². The molecule has 0 amide bonds. The molecule has 1 unspecified atom stereocenters. The lowest BCUT2D eigenvalue weighted by atomic mass is 9.86. The van der Waals surface area contributed by atoms with E-state index in [2.05, 4.69) is 39.9 Å². The smallest absolute Gasteiger partial charge is 0.0173 e. The van der Waals surface area contributed by atoms with Gasteiger partial charge in [0, 0.05) is 5.54 Å². The van der Waals surface area contributed by atoms with Gasteiger partial charge in [-0.05, 0) is 32.2 Å². The topological polar surface area (TPSA) is 12.0 Å². The van der Waals surface area contributed by atoms with Crippen LogP contribution in [0, 0.1) is 5.92 Å². The molecule has 0 fully saturated rings. The molecule has 0 spiro atoms. The Morgan fingerprint density at radius 1 is 1.25 bits per heavy atom. The molecule has 0 saturated heterocycles. The maximum atomic E-state index is 3.65. The maximum absolute atomic E-state index is 3.65. The van der Waals surface area contributed by atoms with Crippen molar-refractivity contribution in [3.8, 4) is 0 Å². The molecule has 0 aromatic heterocycles. The van der Waals surface area contributed by atoms with Gasteiger partial charge in [0.2, 0.25) is 0 Å². The summed E-state index contributed by atoms with van der Waals surface area (Å²) in [4.78, 5) is 0. The quantitative estimate of drug-likeness (QED) is 0.605. The molecule has 1 N–H and O–H groups in total. The summed E-state index contributed by atoms with van der Waals surface area (Å²) in [5.74, 6) is 0.722. The average molecular weight is 171 g/mol. The first-order chi connectivity index (χ1) is 5.56. The van der Waals surface area contributed by atoms with Crippen LogP contribution in [0.3, 0.4) is 0 Å². The van der Waals surface area contributed by atoms with Gasteiger partial charge >= 0.3 is 0 Å². The summed E-state index contributed by atoms with van der Waals surface area (Å²) in [5, 5.41) is 3.65. The van der Waals surface area contributed by atoms with Gasteiger partial charge in [0.15, 0.2) is 0 Å². The number of unbranched alkanes of at least 4 members (excludes halogenated alkanes) is 1. The minimum Gasteiger partial charge on any atom is -0.311 e. The maximum Gasteiger partial charge on any atom is 0.0173 e. The standard InChI is InChI=1S/C11H25N/c1-6-8-9-12-11(5,7-2)10(3)4/h10,12H,6-9H2,1-5H3. The van der Waals surface area contributed by atoms with Crippen LogP contribution in [0.2, 0.25) is 0 Å². The summed E-state index contributed by atoms with van der Waals surface area (Å²) in [7, 11) is 0. The lowest BCUT2D eigenvalue weighted by molar-refractivity contribution is 0.251. The van der Waals surface area contributed by atoms with E-state index in [1.807, 2.05) is 0 Å². The molecule has 0 aromatic carbocycles. The highest BCUT2D eigenvalue weighted by molar-refractivity contribution is 4.84. The van der Waals surface area contributed by atoms with E-state index in [4.69, 9.17) is 0 Å². The molecule has 0 radical (unpaired) electrons. The molecule has 0 aliphatic rings. The lowest BCUT2D eigenvalue weighted by Gasteiger charge is -2.34. The monoisotopic (exact) mass is 171 g/mol. The Morgan fingerprint density at radius 2 is 1.83 bits per heavy atom. The summed E-state index contributed by atoms with van der Waals surface area (Å²) in [6.45, 7) is 12.6. The molecule has 0 aliphatic carbocycles. The first-order valence-corrected chi connectivity index (χ1v) is 5.31. The molecule has 0 aliphatic heterocycles. The van der Waals surface area contributed by atoms with Crippen LogP contribution in [0.5, 0.6) is 0 Å². The van der Waals surface area contributed by atoms with Gasteiger partial charge in [0.05, 0.1) is 0 Å². The fraction of sp³-hybridized carbons (Fsp3) is 1.00. The third-order valence-electron chi connectivity index (χ3n) is 3.07. The van der Waals surface area contributed by atoms with Crippen molar-refractivity contribution in [3.05, 3.63) is 0 Å². The summed E-state index contributed by atoms with van der Waals surface area (Å²) in [6, 6.07) is 0. The van der Waals surface area contributed by atoms with Crippen molar-refractivity contribution in [2.75, 3.05) is 6.54 Å². The van der Waals surface area contributed by atoms with Gasteiger partial charge in [0.25, 0.3) is 0 Å². The van der Waals surface area contributed by atoms with Crippen molar-refractivity contribution in [1.29, 1.82) is 0 Å². The van der Waals surface area contributed by atoms with E-state index in [0.29, 0.717) is 5.54 Å². The normalized spacial score (nSPS) is 16.5. The molecular formula is C11H25N. The van der Waals surface area contributed by atoms with Crippen molar-refractivity contribution in [2.24, 2.45) is 5.92 Å². The molecule has 0 rings (SSSR count). The number of rotatable bonds is 6. The zero-order chi connectivity index (χ0) is 9.61. The number of hydrogen-bond acceptors (Lipinski definition) is 1. The van der Waals surface area contributed by atoms with Crippen LogP contribution in [0.25, 0.3) is 0 Å². The first kappa shape index (κ1) is 12.0. The molecule has 0 aromatic rings. The van der Waals surface area contributed by atoms with Crippen LogP contribution in [0.1, 0.15) is 53.9 Å². The summed E-state index contributed by atoms with van der Waals surface area (Å²) < 4.78 is 0. The molecule has 0 saturated carbocycles. The highest BCUT2D eigenvalue weighted by atomic mass is 15.0. The second-order valence-electron chi connectivity index (χ2n) is 4.21. The molecule has 1 heteroatoms. The molecule has 12 heavy (non-hydrogen) atoms. The van der Waals surface area contributed by atoms with E-state index in [0.717, 1.165) is 5.92 Å². The summed E-state index contributed by atoms with van der Waals surface area (Å²) >= 11 is 0. The Kier molecular flexibility index (Phi) is 5.56.